The van der Waals surface area contributed by atoms with Crippen LogP contribution in [-0.4, -0.2) is 42.2 Å². The number of aryl methyl sites for hydroxylation is 1. The molecule has 34 heavy (non-hydrogen) atoms. The number of nitrogens with zero attached hydrogens (tertiary/aromatic N) is 2. The lowest BCUT2D eigenvalue weighted by molar-refractivity contribution is -0.140. The van der Waals surface area contributed by atoms with Crippen LogP contribution in [0.15, 0.2) is 42.6 Å². The number of fused-ring (bicyclic) bond motifs is 5. The first-order chi connectivity index (χ1) is 16.6. The Hall–Kier alpha value is -3.26. The quantitative estimate of drug-likeness (QED) is 0.543. The monoisotopic (exact) mass is 479 g/mol. The van der Waals surface area contributed by atoms with Gasteiger partial charge in [0.25, 0.3) is 0 Å². The summed E-state index contributed by atoms with van der Waals surface area (Å²) in [5.74, 6) is 0.404. The number of methoxy groups -OCH3 is 2. The lowest BCUT2D eigenvalue weighted by atomic mass is 9.95. The van der Waals surface area contributed by atoms with Crippen LogP contribution >= 0.6 is 11.3 Å². The zero-order valence-corrected chi connectivity index (χ0v) is 20.3. The fourth-order valence-electron chi connectivity index (χ4n) is 5.02. The molecular formula is C26H29N3O4S. The lowest BCUT2D eigenvalue weighted by Crippen LogP contribution is -2.42. The van der Waals surface area contributed by atoms with Crippen molar-refractivity contribution in [1.82, 2.24) is 14.8 Å². The van der Waals surface area contributed by atoms with Gasteiger partial charge in [-0.1, -0.05) is 12.1 Å². The molecule has 3 heterocycles. The Morgan fingerprint density at radius 2 is 1.97 bits per heavy atom. The molecule has 0 fully saturated rings. The number of rotatable bonds is 5. The van der Waals surface area contributed by atoms with Crippen molar-refractivity contribution in [2.45, 2.75) is 44.7 Å². The summed E-state index contributed by atoms with van der Waals surface area (Å²) in [6, 6.07) is 11.5. The van der Waals surface area contributed by atoms with Crippen LogP contribution in [0.4, 0.5) is 4.79 Å². The Balaban J connectivity index is 1.59. The molecule has 5 rings (SSSR count). The maximum Gasteiger partial charge on any atom is 0.318 e. The third-order valence-corrected chi connectivity index (χ3v) is 8.02. The molecule has 8 heteroatoms. The zero-order chi connectivity index (χ0) is 23.7. The summed E-state index contributed by atoms with van der Waals surface area (Å²) in [6.07, 6.45) is 6.79. The van der Waals surface area contributed by atoms with Crippen LogP contribution in [0.2, 0.25) is 0 Å². The van der Waals surface area contributed by atoms with E-state index < -0.39 is 0 Å². The number of hydrogen-bond donors (Lipinski definition) is 1. The van der Waals surface area contributed by atoms with Crippen LogP contribution in [-0.2, 0) is 28.9 Å². The molecule has 0 saturated heterocycles. The van der Waals surface area contributed by atoms with Crippen LogP contribution < -0.4 is 10.1 Å². The summed E-state index contributed by atoms with van der Waals surface area (Å²) >= 11 is 1.86. The predicted octanol–water partition coefficient (Wildman–Crippen LogP) is 4.60. The first-order valence-electron chi connectivity index (χ1n) is 11.7. The minimum Gasteiger partial charge on any atom is -0.497 e. The second-order valence-electron chi connectivity index (χ2n) is 8.66. The SMILES string of the molecule is COC(=O)CCNC(=O)N1Cc2c(sc3c2CCCC3)-n2cccc2[C@H]1c1cccc(OC)c1. The highest BCUT2D eigenvalue weighted by atomic mass is 32.1. The van der Waals surface area contributed by atoms with Crippen molar-refractivity contribution in [3.63, 3.8) is 0 Å². The van der Waals surface area contributed by atoms with E-state index in [0.29, 0.717) is 6.54 Å². The smallest absolute Gasteiger partial charge is 0.318 e. The molecule has 178 valence electrons. The summed E-state index contributed by atoms with van der Waals surface area (Å²) < 4.78 is 12.5. The van der Waals surface area contributed by atoms with E-state index in [4.69, 9.17) is 9.47 Å². The molecule has 7 nitrogen and oxygen atoms in total. The van der Waals surface area contributed by atoms with Crippen LogP contribution in [0.1, 0.15) is 52.6 Å². The molecule has 1 aliphatic carbocycles. The highest BCUT2D eigenvalue weighted by molar-refractivity contribution is 7.15. The van der Waals surface area contributed by atoms with Crippen LogP contribution in [0.3, 0.4) is 0 Å². The van der Waals surface area contributed by atoms with E-state index in [1.54, 1.807) is 7.11 Å². The van der Waals surface area contributed by atoms with E-state index in [9.17, 15) is 9.59 Å². The van der Waals surface area contributed by atoms with Gasteiger partial charge in [0.2, 0.25) is 0 Å². The maximum atomic E-state index is 13.6. The predicted molar refractivity (Wildman–Crippen MR) is 131 cm³/mol. The Labute approximate surface area is 203 Å². The second kappa shape index (κ2) is 9.54. The van der Waals surface area contributed by atoms with Gasteiger partial charge in [-0.05, 0) is 61.1 Å². The van der Waals surface area contributed by atoms with Gasteiger partial charge in [-0.25, -0.2) is 4.79 Å². The maximum absolute atomic E-state index is 13.6. The second-order valence-corrected chi connectivity index (χ2v) is 9.75. The van der Waals surface area contributed by atoms with Gasteiger partial charge in [-0.2, -0.15) is 0 Å². The number of esters is 1. The molecule has 1 aromatic carbocycles. The number of carbonyl (C=O) groups excluding carboxylic acids is 2. The fourth-order valence-corrected chi connectivity index (χ4v) is 6.43. The van der Waals surface area contributed by atoms with E-state index in [-0.39, 0.29) is 31.0 Å². The Bertz CT molecular complexity index is 1210. The number of aromatic nitrogens is 1. The van der Waals surface area contributed by atoms with Crippen LogP contribution in [0.25, 0.3) is 5.00 Å². The Morgan fingerprint density at radius 1 is 1.12 bits per heavy atom. The van der Waals surface area contributed by atoms with E-state index in [1.165, 1.54) is 41.0 Å². The third-order valence-electron chi connectivity index (χ3n) is 6.68. The van der Waals surface area contributed by atoms with Crippen LogP contribution in [0, 0.1) is 0 Å². The largest absolute Gasteiger partial charge is 0.497 e. The first-order valence-corrected chi connectivity index (χ1v) is 12.5. The number of amides is 2. The summed E-state index contributed by atoms with van der Waals surface area (Å²) in [6.45, 7) is 0.733. The molecule has 2 aromatic heterocycles. The lowest BCUT2D eigenvalue weighted by Gasteiger charge is -2.31. The van der Waals surface area contributed by atoms with Gasteiger partial charge in [0.1, 0.15) is 10.8 Å². The van der Waals surface area contributed by atoms with Crippen molar-refractivity contribution in [1.29, 1.82) is 0 Å². The topological polar surface area (TPSA) is 72.8 Å². The number of hydrogen-bond acceptors (Lipinski definition) is 5. The molecule has 1 aliphatic heterocycles. The Morgan fingerprint density at radius 3 is 2.79 bits per heavy atom. The van der Waals surface area contributed by atoms with E-state index >= 15 is 0 Å². The first kappa shape index (κ1) is 22.5. The molecule has 1 atom stereocenters. The average Bonchev–Trinajstić information content (AvgIpc) is 3.45. The van der Waals surface area contributed by atoms with Crippen molar-refractivity contribution in [3.05, 3.63) is 69.9 Å². The number of nitrogens with one attached hydrogen (secondary N) is 1. The van der Waals surface area contributed by atoms with Gasteiger partial charge in [-0.3, -0.25) is 4.79 Å². The molecule has 2 aliphatic rings. The van der Waals surface area contributed by atoms with Gasteiger partial charge in [-0.15, -0.1) is 11.3 Å². The summed E-state index contributed by atoms with van der Waals surface area (Å²) in [4.78, 5) is 28.6. The van der Waals surface area contributed by atoms with Crippen LogP contribution in [0.5, 0.6) is 5.75 Å². The molecule has 0 spiro atoms. The van der Waals surface area contributed by atoms with Crippen molar-refractivity contribution in [3.8, 4) is 10.8 Å². The van der Waals surface area contributed by atoms with Gasteiger partial charge >= 0.3 is 12.0 Å². The number of benzene rings is 1. The van der Waals surface area contributed by atoms with Gasteiger partial charge in [0.15, 0.2) is 0 Å². The number of carbonyl (C=O) groups is 2. The fraction of sp³-hybridized carbons (Fsp3) is 0.385. The Kier molecular flexibility index (Phi) is 6.32. The molecule has 2 amide bonds. The molecular weight excluding hydrogens is 450 g/mol. The number of ether oxygens (including phenoxy) is 2. The minimum absolute atomic E-state index is 0.134. The standard InChI is InChI=1S/C26H29N3O4S/c1-32-18-8-5-7-17(15-18)24-21-10-6-14-28(21)25-20(19-9-3-4-11-22(19)34-25)16-29(24)26(31)27-13-12-23(30)33-2/h5-8,10,14-15,24H,3-4,9,11-13,16H2,1-2H3,(H,27,31)/t24-/m1/s1. The minimum atomic E-state index is -0.344. The molecule has 3 aromatic rings. The van der Waals surface area contributed by atoms with Crippen molar-refractivity contribution in [2.75, 3.05) is 20.8 Å². The third kappa shape index (κ3) is 4.07. The molecule has 0 unspecified atom stereocenters. The number of urea groups is 1. The van der Waals surface area contributed by atoms with E-state index in [0.717, 1.165) is 29.8 Å². The molecule has 0 radical (unpaired) electrons. The van der Waals surface area contributed by atoms with E-state index in [2.05, 4.69) is 22.1 Å². The van der Waals surface area contributed by atoms with E-state index in [1.807, 2.05) is 46.6 Å². The molecule has 0 saturated carbocycles. The zero-order valence-electron chi connectivity index (χ0n) is 19.5. The highest BCUT2D eigenvalue weighted by Gasteiger charge is 2.36. The van der Waals surface area contributed by atoms with Gasteiger partial charge < -0.3 is 24.3 Å². The summed E-state index contributed by atoms with van der Waals surface area (Å²) in [7, 11) is 3.00. The van der Waals surface area contributed by atoms with Gasteiger partial charge in [0, 0.05) is 23.2 Å². The normalized spacial score (nSPS) is 16.6. The summed E-state index contributed by atoms with van der Waals surface area (Å²) in [5, 5.41) is 4.16. The number of thiophene rings is 1. The van der Waals surface area contributed by atoms with Crippen molar-refractivity contribution in [2.24, 2.45) is 0 Å². The molecule has 0 bridgehead atoms. The van der Waals surface area contributed by atoms with Gasteiger partial charge in [0.05, 0.1) is 38.9 Å². The van der Waals surface area contributed by atoms with Crippen molar-refractivity contribution >= 4 is 23.3 Å². The highest BCUT2D eigenvalue weighted by Crippen LogP contribution is 2.44. The van der Waals surface area contributed by atoms with Crippen molar-refractivity contribution < 1.29 is 19.1 Å². The average molecular weight is 480 g/mol. The summed E-state index contributed by atoms with van der Waals surface area (Å²) in [5.41, 5.74) is 4.66. The molecule has 1 N–H and O–H groups in total.